The van der Waals surface area contributed by atoms with E-state index in [1.165, 1.54) is 109 Å². The average Bonchev–Trinajstić information content (AvgIpc) is 2.99. The van der Waals surface area contributed by atoms with E-state index in [0.717, 1.165) is 12.8 Å². The highest BCUT2D eigenvalue weighted by atomic mass is 16.5. The second-order valence-corrected chi connectivity index (χ2v) is 11.9. The van der Waals surface area contributed by atoms with Crippen LogP contribution >= 0.6 is 0 Å². The maximum Gasteiger partial charge on any atom is 0.303 e. The van der Waals surface area contributed by atoms with Gasteiger partial charge in [0.15, 0.2) is 0 Å². The quantitative estimate of drug-likeness (QED) is 0.0577. The van der Waals surface area contributed by atoms with Crippen molar-refractivity contribution in [3.8, 4) is 0 Å². The first-order valence-electron chi connectivity index (χ1n) is 16.3. The van der Waals surface area contributed by atoms with Gasteiger partial charge in [-0.15, -0.1) is 0 Å². The minimum atomic E-state index is -1.16. The highest BCUT2D eigenvalue weighted by Crippen LogP contribution is 2.20. The summed E-state index contributed by atoms with van der Waals surface area (Å²) in [5.74, 6) is -0.651. The molecule has 0 spiro atoms. The summed E-state index contributed by atoms with van der Waals surface area (Å²) in [4.78, 5) is 10.4. The number of aliphatic hydroxyl groups is 6. The third-order valence-corrected chi connectivity index (χ3v) is 7.82. The van der Waals surface area contributed by atoms with Crippen molar-refractivity contribution in [2.45, 2.75) is 135 Å². The molecule has 0 atom stereocenters. The second-order valence-electron chi connectivity index (χ2n) is 11.9. The minimum Gasteiger partial charge on any atom is -0.481 e. The molecule has 9 nitrogen and oxygen atoms in total. The van der Waals surface area contributed by atoms with Crippen LogP contribution in [0.3, 0.4) is 0 Å². The van der Waals surface area contributed by atoms with Crippen LogP contribution in [0.2, 0.25) is 0 Å². The van der Waals surface area contributed by atoms with Crippen molar-refractivity contribution < 1.29 is 45.3 Å². The number of ether oxygens (including phenoxy) is 1. The first-order chi connectivity index (χ1) is 19.8. The molecule has 248 valence electrons. The van der Waals surface area contributed by atoms with Gasteiger partial charge in [-0.2, -0.15) is 0 Å². The van der Waals surface area contributed by atoms with Crippen LogP contribution in [0.4, 0.5) is 0 Å². The van der Waals surface area contributed by atoms with E-state index in [2.05, 4.69) is 6.92 Å². The van der Waals surface area contributed by atoms with Crippen molar-refractivity contribution in [3.63, 3.8) is 0 Å². The Morgan fingerprint density at radius 1 is 0.463 bits per heavy atom. The Bertz CT molecular complexity index is 501. The van der Waals surface area contributed by atoms with E-state index < -0.39 is 56.4 Å². The minimum absolute atomic E-state index is 0.141. The molecule has 7 N–H and O–H groups in total. The molecule has 0 radical (unpaired) electrons. The molecule has 0 amide bonds. The van der Waals surface area contributed by atoms with Crippen LogP contribution in [0.5, 0.6) is 0 Å². The van der Waals surface area contributed by atoms with Gasteiger partial charge in [-0.3, -0.25) is 4.79 Å². The van der Waals surface area contributed by atoms with Gasteiger partial charge in [0, 0.05) is 6.42 Å². The molecule has 0 aliphatic heterocycles. The fourth-order valence-corrected chi connectivity index (χ4v) is 4.41. The van der Waals surface area contributed by atoms with E-state index in [4.69, 9.17) is 40.5 Å². The zero-order valence-electron chi connectivity index (χ0n) is 26.2. The monoisotopic (exact) mass is 594 g/mol. The number of hydrogen-bond acceptors (Lipinski definition) is 8. The lowest BCUT2D eigenvalue weighted by atomic mass is 9.91. The maximum atomic E-state index is 10.4. The van der Waals surface area contributed by atoms with Crippen LogP contribution in [0, 0.1) is 10.8 Å². The lowest BCUT2D eigenvalue weighted by Crippen LogP contribution is -2.43. The summed E-state index contributed by atoms with van der Waals surface area (Å²) in [5, 5.41) is 62.7. The molecule has 0 aromatic rings. The largest absolute Gasteiger partial charge is 0.481 e. The van der Waals surface area contributed by atoms with Gasteiger partial charge in [0.1, 0.15) is 0 Å². The summed E-state index contributed by atoms with van der Waals surface area (Å²) in [6, 6.07) is 0. The van der Waals surface area contributed by atoms with Gasteiger partial charge in [-0.1, -0.05) is 122 Å². The lowest BCUT2D eigenvalue weighted by Gasteiger charge is -2.31. The van der Waals surface area contributed by atoms with Crippen molar-refractivity contribution in [2.75, 3.05) is 52.9 Å². The number of carboxylic acids is 1. The molecule has 0 fully saturated rings. The SMILES string of the molecule is CCCCCCCCCCCCCCCCCCCCCC(=O)O.OCC(CO)(CO)COCC(CO)(CO)CO. The molecule has 0 rings (SSSR count). The van der Waals surface area contributed by atoms with Crippen molar-refractivity contribution >= 4 is 5.97 Å². The number of unbranched alkanes of at least 4 members (excludes halogenated alkanes) is 18. The smallest absolute Gasteiger partial charge is 0.303 e. The number of rotatable bonds is 30. The molecule has 0 aliphatic rings. The highest BCUT2D eigenvalue weighted by Gasteiger charge is 2.32. The lowest BCUT2D eigenvalue weighted by molar-refractivity contribution is -0.137. The van der Waals surface area contributed by atoms with Crippen LogP contribution < -0.4 is 0 Å². The zero-order chi connectivity index (χ0) is 31.1. The summed E-state index contributed by atoms with van der Waals surface area (Å²) in [6.45, 7) is -0.722. The van der Waals surface area contributed by atoms with E-state index in [1.54, 1.807) is 0 Å². The first kappa shape index (κ1) is 42.3. The average molecular weight is 595 g/mol. The Morgan fingerprint density at radius 3 is 0.927 bits per heavy atom. The Kier molecular flexibility index (Phi) is 31.6. The van der Waals surface area contributed by atoms with Gasteiger partial charge in [-0.05, 0) is 6.42 Å². The number of carboxylic acid groups (broad SMARTS) is 1. The molecule has 0 unspecified atom stereocenters. The summed E-state index contributed by atoms with van der Waals surface area (Å²) in [5.41, 5.74) is -2.32. The Hall–Kier alpha value is -0.810. The van der Waals surface area contributed by atoms with E-state index in [0.29, 0.717) is 6.42 Å². The molecule has 0 saturated heterocycles. The normalized spacial score (nSPS) is 11.9. The summed E-state index contributed by atoms with van der Waals surface area (Å²) >= 11 is 0. The molecule has 0 aromatic carbocycles. The van der Waals surface area contributed by atoms with Crippen molar-refractivity contribution in [1.29, 1.82) is 0 Å². The number of aliphatic hydroxyl groups excluding tert-OH is 6. The van der Waals surface area contributed by atoms with E-state index >= 15 is 0 Å². The molecule has 0 bridgehead atoms. The topological polar surface area (TPSA) is 168 Å². The molecule has 9 heteroatoms. The number of aliphatic carboxylic acids is 1. The molecular formula is C32H66O9. The van der Waals surface area contributed by atoms with Crippen LogP contribution in [0.1, 0.15) is 135 Å². The van der Waals surface area contributed by atoms with E-state index in [1.807, 2.05) is 0 Å². The number of hydrogen-bond donors (Lipinski definition) is 7. The third kappa shape index (κ3) is 25.4. The van der Waals surface area contributed by atoms with Gasteiger partial charge < -0.3 is 40.5 Å². The zero-order valence-corrected chi connectivity index (χ0v) is 26.2. The predicted octanol–water partition coefficient (Wildman–Crippen LogP) is 4.82. The molecule has 0 aromatic heterocycles. The molecule has 0 aliphatic carbocycles. The molecular weight excluding hydrogens is 528 g/mol. The van der Waals surface area contributed by atoms with Gasteiger partial charge in [0.05, 0.1) is 63.7 Å². The van der Waals surface area contributed by atoms with Crippen molar-refractivity contribution in [1.82, 2.24) is 0 Å². The fraction of sp³-hybridized carbons (Fsp3) is 0.969. The summed E-state index contributed by atoms with van der Waals surface area (Å²) in [6.07, 6.45) is 26.1. The predicted molar refractivity (Wildman–Crippen MR) is 164 cm³/mol. The summed E-state index contributed by atoms with van der Waals surface area (Å²) in [7, 11) is 0. The van der Waals surface area contributed by atoms with E-state index in [9.17, 15) is 4.79 Å². The van der Waals surface area contributed by atoms with Crippen LogP contribution in [-0.4, -0.2) is 94.6 Å². The number of carbonyl (C=O) groups is 1. The van der Waals surface area contributed by atoms with Crippen molar-refractivity contribution in [3.05, 3.63) is 0 Å². The Morgan fingerprint density at radius 2 is 0.707 bits per heavy atom. The highest BCUT2D eigenvalue weighted by molar-refractivity contribution is 5.66. The Balaban J connectivity index is 0. The summed E-state index contributed by atoms with van der Waals surface area (Å²) < 4.78 is 5.15. The van der Waals surface area contributed by atoms with Crippen LogP contribution in [0.25, 0.3) is 0 Å². The maximum absolute atomic E-state index is 10.4. The van der Waals surface area contributed by atoms with Gasteiger partial charge >= 0.3 is 5.97 Å². The third-order valence-electron chi connectivity index (χ3n) is 7.82. The van der Waals surface area contributed by atoms with E-state index in [-0.39, 0.29) is 13.2 Å². The van der Waals surface area contributed by atoms with Gasteiger partial charge in [-0.25, -0.2) is 0 Å². The second kappa shape index (κ2) is 30.6. The fourth-order valence-electron chi connectivity index (χ4n) is 4.41. The molecule has 41 heavy (non-hydrogen) atoms. The standard InChI is InChI=1S/C22H44O2.C10H22O7/c1-2-3-4-5-6-7-8-9-10-11-12-13-14-15-16-17-18-19-20-21-22(23)24;11-1-9(2-12,3-13)7-17-8-10(4-14,5-15)6-16/h2-21H2,1H3,(H,23,24);11-16H,1-8H2. The van der Waals surface area contributed by atoms with Crippen LogP contribution in [0.15, 0.2) is 0 Å². The van der Waals surface area contributed by atoms with Crippen LogP contribution in [-0.2, 0) is 9.53 Å². The first-order valence-corrected chi connectivity index (χ1v) is 16.3. The molecule has 0 saturated carbocycles. The van der Waals surface area contributed by atoms with Gasteiger partial charge in [0.25, 0.3) is 0 Å². The molecule has 0 heterocycles. The Labute approximate surface area is 250 Å². The van der Waals surface area contributed by atoms with Crippen molar-refractivity contribution in [2.24, 2.45) is 10.8 Å². The van der Waals surface area contributed by atoms with Gasteiger partial charge in [0.2, 0.25) is 0 Å².